The summed E-state index contributed by atoms with van der Waals surface area (Å²) < 4.78 is 9.70. The predicted octanol–water partition coefficient (Wildman–Crippen LogP) is 6.15. The zero-order valence-electron chi connectivity index (χ0n) is 20.1. The number of nitrogens with one attached hydrogen (secondary N) is 1. The van der Waals surface area contributed by atoms with E-state index >= 15 is 0 Å². The van der Waals surface area contributed by atoms with Gasteiger partial charge in [0.1, 0.15) is 0 Å². The minimum Gasteiger partial charge on any atom is -0.463 e. The zero-order chi connectivity index (χ0) is 24.5. The number of fused-ring (bicyclic) bond motifs is 1. The molecule has 7 nitrogen and oxygen atoms in total. The Morgan fingerprint density at radius 1 is 1.09 bits per heavy atom. The first-order chi connectivity index (χ1) is 17.0. The highest BCUT2D eigenvalue weighted by Crippen LogP contribution is 2.34. The molecule has 0 bridgehead atoms. The SMILES string of the molecule is CCC(Sc1nnc(-c2cc3occc3n2C)n1-c1ccccc1C)C(=O)Nc1ccc(C)cc1. The van der Waals surface area contributed by atoms with E-state index in [1.807, 2.05) is 84.6 Å². The lowest BCUT2D eigenvalue weighted by atomic mass is 10.2. The van der Waals surface area contributed by atoms with Gasteiger partial charge in [-0.05, 0) is 44.0 Å². The zero-order valence-corrected chi connectivity index (χ0v) is 21.0. The smallest absolute Gasteiger partial charge is 0.237 e. The molecule has 0 fully saturated rings. The van der Waals surface area contributed by atoms with Gasteiger partial charge in [0.2, 0.25) is 5.91 Å². The number of aryl methyl sites for hydroxylation is 3. The minimum atomic E-state index is -0.333. The number of carbonyl (C=O) groups excluding carboxylic acids is 1. The Balaban J connectivity index is 1.54. The molecule has 1 amide bonds. The van der Waals surface area contributed by atoms with Crippen LogP contribution in [0, 0.1) is 13.8 Å². The summed E-state index contributed by atoms with van der Waals surface area (Å²) >= 11 is 1.42. The molecule has 1 N–H and O–H groups in total. The van der Waals surface area contributed by atoms with Gasteiger partial charge in [-0.1, -0.05) is 54.6 Å². The van der Waals surface area contributed by atoms with Crippen molar-refractivity contribution in [2.24, 2.45) is 7.05 Å². The van der Waals surface area contributed by atoms with Crippen LogP contribution in [0.1, 0.15) is 24.5 Å². The predicted molar refractivity (Wildman–Crippen MR) is 140 cm³/mol. The Bertz CT molecular complexity index is 1500. The lowest BCUT2D eigenvalue weighted by molar-refractivity contribution is -0.115. The number of rotatable bonds is 7. The fourth-order valence-corrected chi connectivity index (χ4v) is 5.08. The van der Waals surface area contributed by atoms with Crippen LogP contribution in [0.4, 0.5) is 5.69 Å². The molecule has 3 aromatic heterocycles. The van der Waals surface area contributed by atoms with Crippen molar-refractivity contribution in [2.45, 2.75) is 37.6 Å². The fourth-order valence-electron chi connectivity index (χ4n) is 4.12. The van der Waals surface area contributed by atoms with E-state index in [0.717, 1.165) is 39.3 Å². The van der Waals surface area contributed by atoms with Crippen molar-refractivity contribution in [3.05, 3.63) is 78.1 Å². The average molecular weight is 486 g/mol. The molecule has 3 heterocycles. The molecule has 5 aromatic rings. The van der Waals surface area contributed by atoms with E-state index in [2.05, 4.69) is 28.5 Å². The maximum atomic E-state index is 13.2. The second kappa shape index (κ2) is 9.46. The first kappa shape index (κ1) is 23.0. The van der Waals surface area contributed by atoms with Gasteiger partial charge in [0, 0.05) is 24.9 Å². The van der Waals surface area contributed by atoms with Crippen LogP contribution in [0.25, 0.3) is 28.3 Å². The van der Waals surface area contributed by atoms with Crippen LogP contribution in [0.2, 0.25) is 0 Å². The molecule has 178 valence electrons. The molecule has 1 unspecified atom stereocenters. The normalized spacial score (nSPS) is 12.2. The van der Waals surface area contributed by atoms with Gasteiger partial charge >= 0.3 is 0 Å². The van der Waals surface area contributed by atoms with Gasteiger partial charge in [-0.15, -0.1) is 10.2 Å². The maximum Gasteiger partial charge on any atom is 0.237 e. The van der Waals surface area contributed by atoms with Crippen molar-refractivity contribution in [1.82, 2.24) is 19.3 Å². The summed E-state index contributed by atoms with van der Waals surface area (Å²) in [7, 11) is 1.99. The summed E-state index contributed by atoms with van der Waals surface area (Å²) in [5.41, 5.74) is 6.66. The highest BCUT2D eigenvalue weighted by Gasteiger charge is 2.26. The largest absolute Gasteiger partial charge is 0.463 e. The number of nitrogens with zero attached hydrogens (tertiary/aromatic N) is 4. The van der Waals surface area contributed by atoms with Crippen molar-refractivity contribution in [2.75, 3.05) is 5.32 Å². The van der Waals surface area contributed by atoms with E-state index in [0.29, 0.717) is 17.4 Å². The van der Waals surface area contributed by atoms with Crippen LogP contribution in [-0.2, 0) is 11.8 Å². The Hall–Kier alpha value is -3.78. The number of carbonyl (C=O) groups is 1. The van der Waals surface area contributed by atoms with Gasteiger partial charge in [-0.25, -0.2) is 0 Å². The van der Waals surface area contributed by atoms with E-state index in [1.54, 1.807) is 6.26 Å². The number of hydrogen-bond donors (Lipinski definition) is 1. The molecular formula is C27H27N5O2S. The Morgan fingerprint density at radius 2 is 1.86 bits per heavy atom. The minimum absolute atomic E-state index is 0.0568. The van der Waals surface area contributed by atoms with Crippen LogP contribution in [0.3, 0.4) is 0 Å². The van der Waals surface area contributed by atoms with Crippen molar-refractivity contribution in [3.63, 3.8) is 0 Å². The highest BCUT2D eigenvalue weighted by molar-refractivity contribution is 8.00. The molecule has 35 heavy (non-hydrogen) atoms. The van der Waals surface area contributed by atoms with Crippen LogP contribution in [0.5, 0.6) is 0 Å². The van der Waals surface area contributed by atoms with Crippen LogP contribution >= 0.6 is 11.8 Å². The van der Waals surface area contributed by atoms with Crippen molar-refractivity contribution in [3.8, 4) is 17.2 Å². The molecule has 0 aliphatic rings. The van der Waals surface area contributed by atoms with Gasteiger partial charge in [0.25, 0.3) is 0 Å². The Labute approximate surface area is 208 Å². The fraction of sp³-hybridized carbons (Fsp3) is 0.222. The second-order valence-corrected chi connectivity index (χ2v) is 9.73. The maximum absolute atomic E-state index is 13.2. The molecule has 0 saturated heterocycles. The Morgan fingerprint density at radius 3 is 2.57 bits per heavy atom. The Kier molecular flexibility index (Phi) is 6.21. The number of furan rings is 1. The standard InChI is InChI=1S/C27H27N5O2S/c1-5-24(26(33)28-19-12-10-17(2)11-13-19)35-27-30-29-25(32(27)20-9-7-6-8-18(20)3)22-16-23-21(31(22)4)14-15-34-23/h6-16,24H,5H2,1-4H3,(H,28,33). The number of para-hydroxylation sites is 1. The number of hydrogen-bond acceptors (Lipinski definition) is 5. The van der Waals surface area contributed by atoms with Gasteiger partial charge < -0.3 is 14.3 Å². The summed E-state index contributed by atoms with van der Waals surface area (Å²) in [5, 5.41) is 12.5. The molecule has 0 spiro atoms. The number of thioether (sulfide) groups is 1. The number of anilines is 1. The van der Waals surface area contributed by atoms with Crippen LogP contribution in [-0.4, -0.2) is 30.5 Å². The van der Waals surface area contributed by atoms with E-state index in [9.17, 15) is 4.79 Å². The van der Waals surface area contributed by atoms with E-state index in [1.165, 1.54) is 11.8 Å². The number of benzene rings is 2. The van der Waals surface area contributed by atoms with E-state index in [-0.39, 0.29) is 11.2 Å². The average Bonchev–Trinajstić information content (AvgIpc) is 3.55. The molecule has 0 saturated carbocycles. The third-order valence-electron chi connectivity index (χ3n) is 6.11. The highest BCUT2D eigenvalue weighted by atomic mass is 32.2. The monoisotopic (exact) mass is 485 g/mol. The van der Waals surface area contributed by atoms with E-state index < -0.39 is 0 Å². The van der Waals surface area contributed by atoms with Crippen molar-refractivity contribution < 1.29 is 9.21 Å². The third kappa shape index (κ3) is 4.37. The molecule has 8 heteroatoms. The molecular weight excluding hydrogens is 458 g/mol. The summed E-state index contributed by atoms with van der Waals surface area (Å²) in [6.07, 6.45) is 2.33. The molecule has 2 aromatic carbocycles. The second-order valence-electron chi connectivity index (χ2n) is 8.56. The lowest BCUT2D eigenvalue weighted by Crippen LogP contribution is -2.25. The van der Waals surface area contributed by atoms with Gasteiger partial charge in [-0.3, -0.25) is 9.36 Å². The van der Waals surface area contributed by atoms with Crippen LogP contribution < -0.4 is 5.32 Å². The summed E-state index contributed by atoms with van der Waals surface area (Å²) in [5.74, 6) is 0.642. The topological polar surface area (TPSA) is 77.9 Å². The molecule has 5 rings (SSSR count). The first-order valence-corrected chi connectivity index (χ1v) is 12.4. The van der Waals surface area contributed by atoms with E-state index in [4.69, 9.17) is 4.42 Å². The first-order valence-electron chi connectivity index (χ1n) is 11.5. The quantitative estimate of drug-likeness (QED) is 0.280. The molecule has 0 aliphatic heterocycles. The van der Waals surface area contributed by atoms with Crippen LogP contribution in [0.15, 0.2) is 76.5 Å². The van der Waals surface area contributed by atoms with Gasteiger partial charge in [0.05, 0.1) is 28.4 Å². The van der Waals surface area contributed by atoms with Gasteiger partial charge in [0.15, 0.2) is 16.6 Å². The third-order valence-corrected chi connectivity index (χ3v) is 7.42. The van der Waals surface area contributed by atoms with Gasteiger partial charge in [-0.2, -0.15) is 0 Å². The number of amides is 1. The summed E-state index contributed by atoms with van der Waals surface area (Å²) in [6.45, 7) is 6.09. The summed E-state index contributed by atoms with van der Waals surface area (Å²) in [6, 6.07) is 19.8. The number of aromatic nitrogens is 4. The lowest BCUT2D eigenvalue weighted by Gasteiger charge is -2.17. The molecule has 1 atom stereocenters. The van der Waals surface area contributed by atoms with Crippen molar-refractivity contribution >= 4 is 34.5 Å². The molecule has 0 radical (unpaired) electrons. The summed E-state index contributed by atoms with van der Waals surface area (Å²) in [4.78, 5) is 13.2. The van der Waals surface area contributed by atoms with Crippen molar-refractivity contribution in [1.29, 1.82) is 0 Å². The molecule has 0 aliphatic carbocycles.